The van der Waals surface area contributed by atoms with Gasteiger partial charge in [-0.05, 0) is 36.8 Å². The molecule has 1 amide bonds. The highest BCUT2D eigenvalue weighted by molar-refractivity contribution is 7.21. The van der Waals surface area contributed by atoms with E-state index in [1.54, 1.807) is 11.3 Å². The van der Waals surface area contributed by atoms with E-state index in [2.05, 4.69) is 15.3 Å². The molecule has 2 aromatic carbocycles. The highest BCUT2D eigenvalue weighted by Crippen LogP contribution is 2.32. The molecule has 26 heavy (non-hydrogen) atoms. The van der Waals surface area contributed by atoms with Crippen LogP contribution in [0.15, 0.2) is 60.9 Å². The van der Waals surface area contributed by atoms with Crippen molar-refractivity contribution in [2.24, 2.45) is 0 Å². The molecule has 0 aliphatic heterocycles. The zero-order valence-electron chi connectivity index (χ0n) is 13.9. The summed E-state index contributed by atoms with van der Waals surface area (Å²) in [5.41, 5.74) is 3.26. The highest BCUT2D eigenvalue weighted by Gasteiger charge is 2.14. The lowest BCUT2D eigenvalue weighted by molar-refractivity contribution is 0.102. The van der Waals surface area contributed by atoms with Crippen molar-refractivity contribution < 1.29 is 9.18 Å². The van der Waals surface area contributed by atoms with E-state index in [-0.39, 0.29) is 5.56 Å². The number of halogens is 1. The van der Waals surface area contributed by atoms with Crippen molar-refractivity contribution in [2.75, 3.05) is 5.32 Å². The fraction of sp³-hybridized carbons (Fsp3) is 0.0500. The molecule has 0 saturated heterocycles. The van der Waals surface area contributed by atoms with Crippen LogP contribution in [0.25, 0.3) is 20.8 Å². The number of thiazole rings is 1. The number of aromatic nitrogens is 2. The van der Waals surface area contributed by atoms with Gasteiger partial charge in [-0.2, -0.15) is 0 Å². The minimum Gasteiger partial charge on any atom is -0.322 e. The van der Waals surface area contributed by atoms with Crippen molar-refractivity contribution in [2.45, 2.75) is 6.92 Å². The largest absolute Gasteiger partial charge is 0.322 e. The van der Waals surface area contributed by atoms with Gasteiger partial charge in [0.05, 0.1) is 15.8 Å². The van der Waals surface area contributed by atoms with Gasteiger partial charge in [-0.1, -0.05) is 24.3 Å². The Hall–Kier alpha value is -3.12. The fourth-order valence-electron chi connectivity index (χ4n) is 2.62. The lowest BCUT2D eigenvalue weighted by Gasteiger charge is -2.10. The Labute approximate surface area is 153 Å². The normalized spacial score (nSPS) is 10.8. The molecule has 0 spiro atoms. The zero-order valence-corrected chi connectivity index (χ0v) is 14.7. The van der Waals surface area contributed by atoms with Gasteiger partial charge in [-0.25, -0.2) is 9.37 Å². The molecule has 4 rings (SSSR count). The number of amides is 1. The van der Waals surface area contributed by atoms with Crippen LogP contribution < -0.4 is 5.32 Å². The number of rotatable bonds is 3. The molecule has 0 aliphatic carbocycles. The molecule has 0 saturated carbocycles. The van der Waals surface area contributed by atoms with Gasteiger partial charge in [0.1, 0.15) is 10.8 Å². The summed E-state index contributed by atoms with van der Waals surface area (Å²) in [6.07, 6.45) is 2.53. The molecule has 0 unspecified atom stereocenters. The quantitative estimate of drug-likeness (QED) is 0.554. The Morgan fingerprint density at radius 2 is 2.00 bits per heavy atom. The summed E-state index contributed by atoms with van der Waals surface area (Å²) in [7, 11) is 0. The van der Waals surface area contributed by atoms with E-state index in [0.29, 0.717) is 5.69 Å². The number of hydrogen-bond acceptors (Lipinski definition) is 4. The van der Waals surface area contributed by atoms with Crippen LogP contribution in [0.4, 0.5) is 10.1 Å². The molecular weight excluding hydrogens is 349 g/mol. The highest BCUT2D eigenvalue weighted by atomic mass is 32.1. The second kappa shape index (κ2) is 6.65. The molecule has 0 bridgehead atoms. The average molecular weight is 363 g/mol. The second-order valence-corrected chi connectivity index (χ2v) is 6.86. The summed E-state index contributed by atoms with van der Waals surface area (Å²) in [5, 5.41) is 3.64. The molecule has 6 heteroatoms. The van der Waals surface area contributed by atoms with Gasteiger partial charge in [0.15, 0.2) is 0 Å². The number of aryl methyl sites for hydroxylation is 1. The number of nitrogens with one attached hydrogen (secondary N) is 1. The van der Waals surface area contributed by atoms with Crippen molar-refractivity contribution in [1.82, 2.24) is 9.97 Å². The Balaban J connectivity index is 1.68. The van der Waals surface area contributed by atoms with E-state index in [9.17, 15) is 9.18 Å². The van der Waals surface area contributed by atoms with Gasteiger partial charge in [0.2, 0.25) is 0 Å². The first-order valence-electron chi connectivity index (χ1n) is 7.99. The Morgan fingerprint density at radius 3 is 2.81 bits per heavy atom. The van der Waals surface area contributed by atoms with E-state index in [4.69, 9.17) is 0 Å². The molecular formula is C20H14FN3OS. The number of nitrogens with zero attached hydrogens (tertiary/aromatic N) is 2. The van der Waals surface area contributed by atoms with Crippen LogP contribution in [0.2, 0.25) is 0 Å². The number of anilines is 1. The van der Waals surface area contributed by atoms with Gasteiger partial charge in [-0.15, -0.1) is 11.3 Å². The zero-order chi connectivity index (χ0) is 18.1. The molecule has 4 nitrogen and oxygen atoms in total. The van der Waals surface area contributed by atoms with E-state index in [1.165, 1.54) is 18.5 Å². The molecule has 4 aromatic rings. The summed E-state index contributed by atoms with van der Waals surface area (Å²) in [6.45, 7) is 1.89. The second-order valence-electron chi connectivity index (χ2n) is 5.83. The number of hydrogen-bond donors (Lipinski definition) is 1. The Morgan fingerprint density at radius 1 is 1.15 bits per heavy atom. The third-order valence-corrected chi connectivity index (χ3v) is 5.12. The molecule has 1 N–H and O–H groups in total. The summed E-state index contributed by atoms with van der Waals surface area (Å²) in [5.74, 6) is -1.13. The number of benzene rings is 2. The van der Waals surface area contributed by atoms with Crippen molar-refractivity contribution in [3.63, 3.8) is 0 Å². The number of fused-ring (bicyclic) bond motifs is 1. The van der Waals surface area contributed by atoms with Crippen molar-refractivity contribution in [1.29, 1.82) is 0 Å². The number of carbonyl (C=O) groups excluding carboxylic acids is 1. The minimum absolute atomic E-state index is 0.0858. The van der Waals surface area contributed by atoms with E-state index in [0.717, 1.165) is 26.4 Å². The molecule has 128 valence electrons. The Bertz CT molecular complexity index is 1090. The summed E-state index contributed by atoms with van der Waals surface area (Å²) >= 11 is 1.59. The van der Waals surface area contributed by atoms with Gasteiger partial charge < -0.3 is 5.32 Å². The van der Waals surface area contributed by atoms with Crippen LogP contribution in [-0.4, -0.2) is 15.9 Å². The first-order chi connectivity index (χ1) is 12.6. The van der Waals surface area contributed by atoms with Crippen LogP contribution in [-0.2, 0) is 0 Å². The summed E-state index contributed by atoms with van der Waals surface area (Å²) in [4.78, 5) is 20.8. The first kappa shape index (κ1) is 16.4. The van der Waals surface area contributed by atoms with Gasteiger partial charge in [0, 0.05) is 23.6 Å². The molecule has 0 radical (unpaired) electrons. The lowest BCUT2D eigenvalue weighted by atomic mass is 10.1. The maximum Gasteiger partial charge on any atom is 0.260 e. The Kier molecular flexibility index (Phi) is 4.18. The summed E-state index contributed by atoms with van der Waals surface area (Å²) < 4.78 is 14.9. The van der Waals surface area contributed by atoms with E-state index >= 15 is 0 Å². The first-order valence-corrected chi connectivity index (χ1v) is 8.81. The maximum atomic E-state index is 13.8. The van der Waals surface area contributed by atoms with Crippen LogP contribution in [0, 0.1) is 12.7 Å². The molecule has 2 heterocycles. The molecule has 0 aliphatic rings. The van der Waals surface area contributed by atoms with E-state index in [1.807, 2.05) is 49.4 Å². The predicted molar refractivity (Wildman–Crippen MR) is 102 cm³/mol. The van der Waals surface area contributed by atoms with Crippen LogP contribution in [0.5, 0.6) is 0 Å². The maximum absolute atomic E-state index is 13.8. The lowest BCUT2D eigenvalue weighted by Crippen LogP contribution is -2.14. The number of para-hydroxylation sites is 1. The summed E-state index contributed by atoms with van der Waals surface area (Å²) in [6, 6.07) is 14.8. The van der Waals surface area contributed by atoms with Gasteiger partial charge >= 0.3 is 0 Å². The van der Waals surface area contributed by atoms with E-state index < -0.39 is 11.7 Å². The minimum atomic E-state index is -0.600. The molecule has 0 atom stereocenters. The fourth-order valence-corrected chi connectivity index (χ4v) is 3.58. The van der Waals surface area contributed by atoms with Crippen molar-refractivity contribution >= 4 is 33.1 Å². The van der Waals surface area contributed by atoms with Crippen LogP contribution >= 0.6 is 11.3 Å². The molecule has 2 aromatic heterocycles. The van der Waals surface area contributed by atoms with Crippen LogP contribution in [0.3, 0.4) is 0 Å². The van der Waals surface area contributed by atoms with Crippen molar-refractivity contribution in [3.8, 4) is 10.6 Å². The monoisotopic (exact) mass is 363 g/mol. The van der Waals surface area contributed by atoms with Crippen molar-refractivity contribution in [3.05, 3.63) is 77.9 Å². The van der Waals surface area contributed by atoms with Gasteiger partial charge in [-0.3, -0.25) is 9.78 Å². The third kappa shape index (κ3) is 3.07. The predicted octanol–water partition coefficient (Wildman–Crippen LogP) is 5.06. The standard InChI is InChI=1S/C20H14FN3OS/c1-12-6-7-13(20-24-16-4-2-3-5-18(16)26-20)10-17(12)23-19(25)14-11-22-9-8-15(14)21/h2-11H,1H3,(H,23,25). The number of pyridine rings is 1. The third-order valence-electron chi connectivity index (χ3n) is 4.04. The average Bonchev–Trinajstić information content (AvgIpc) is 3.08. The SMILES string of the molecule is Cc1ccc(-c2nc3ccccc3s2)cc1NC(=O)c1cnccc1F. The molecule has 0 fully saturated rings. The number of carbonyl (C=O) groups is 1. The smallest absolute Gasteiger partial charge is 0.260 e. The van der Waals surface area contributed by atoms with Crippen LogP contribution in [0.1, 0.15) is 15.9 Å². The van der Waals surface area contributed by atoms with Gasteiger partial charge in [0.25, 0.3) is 5.91 Å². The topological polar surface area (TPSA) is 54.9 Å².